The Morgan fingerprint density at radius 2 is 1.79 bits per heavy atom. The average Bonchev–Trinajstić information content (AvgIpc) is 3.21. The molecule has 0 amide bonds. The molecule has 1 aromatic heterocycles. The normalized spacial score (nSPS) is 15.5. The summed E-state index contributed by atoms with van der Waals surface area (Å²) in [5.74, 6) is -1.47. The Hall–Kier alpha value is -3.88. The molecule has 3 aromatic rings. The van der Waals surface area contributed by atoms with Gasteiger partial charge in [0.1, 0.15) is 17.6 Å². The van der Waals surface area contributed by atoms with Crippen LogP contribution in [0.2, 0.25) is 0 Å². The number of carbonyl (C=O) groups is 2. The molecule has 1 N–H and O–H groups in total. The fourth-order valence-electron chi connectivity index (χ4n) is 3.20. The van der Waals surface area contributed by atoms with E-state index in [1.54, 1.807) is 0 Å². The van der Waals surface area contributed by atoms with Crippen LogP contribution >= 0.6 is 0 Å². The topological polar surface area (TPSA) is 99.0 Å². The fraction of sp³-hybridized carbons (Fsp3) is 0.150. The molecule has 0 saturated carbocycles. The molecular formula is C20H16FN5O3. The van der Waals surface area contributed by atoms with Gasteiger partial charge in [0, 0.05) is 5.56 Å². The molecule has 0 saturated heterocycles. The van der Waals surface area contributed by atoms with Crippen LogP contribution in [0, 0.1) is 12.7 Å². The van der Waals surface area contributed by atoms with E-state index in [4.69, 9.17) is 4.74 Å². The number of hydrogen-bond donors (Lipinski definition) is 1. The third-order valence-corrected chi connectivity index (χ3v) is 4.65. The van der Waals surface area contributed by atoms with Crippen LogP contribution < -0.4 is 5.32 Å². The number of benzene rings is 2. The van der Waals surface area contributed by atoms with E-state index >= 15 is 0 Å². The smallest absolute Gasteiger partial charge is 0.355 e. The number of Topliss-reactive ketones (excluding diaryl/α,β-unsaturated/α-hetero) is 1. The molecule has 0 unspecified atom stereocenters. The number of tetrazole rings is 1. The van der Waals surface area contributed by atoms with E-state index in [1.165, 1.54) is 36.1 Å². The molecule has 29 heavy (non-hydrogen) atoms. The van der Waals surface area contributed by atoms with Crippen molar-refractivity contribution in [1.82, 2.24) is 20.2 Å². The lowest BCUT2D eigenvalue weighted by Gasteiger charge is -2.28. The SMILES string of the molecule is COC(=O)C1=C(C(=O)c2ccc(F)cc2)[C@H](c2ccc(C)cc2)n2nnnc2N1. The molecule has 0 bridgehead atoms. The standard InChI is InChI=1S/C20H16FN5O3/c1-11-3-5-12(6-4-11)17-15(18(27)13-7-9-14(21)10-8-13)16(19(28)29-2)22-20-23-24-25-26(17)20/h3-10,17H,1-2H3,(H,22,23,25)/t17-/m0/s1. The lowest BCUT2D eigenvalue weighted by molar-refractivity contribution is -0.136. The zero-order valence-corrected chi connectivity index (χ0v) is 15.6. The van der Waals surface area contributed by atoms with E-state index < -0.39 is 23.6 Å². The summed E-state index contributed by atoms with van der Waals surface area (Å²) in [7, 11) is 1.22. The molecular weight excluding hydrogens is 377 g/mol. The summed E-state index contributed by atoms with van der Waals surface area (Å²) < 4.78 is 19.6. The monoisotopic (exact) mass is 393 g/mol. The molecule has 1 atom stereocenters. The number of rotatable bonds is 4. The number of halogens is 1. The summed E-state index contributed by atoms with van der Waals surface area (Å²) in [5.41, 5.74) is 2.00. The minimum Gasteiger partial charge on any atom is -0.464 e. The average molecular weight is 393 g/mol. The van der Waals surface area contributed by atoms with Crippen molar-refractivity contribution >= 4 is 17.7 Å². The van der Waals surface area contributed by atoms with Crippen molar-refractivity contribution in [2.24, 2.45) is 0 Å². The van der Waals surface area contributed by atoms with Gasteiger partial charge in [0.05, 0.1) is 12.7 Å². The van der Waals surface area contributed by atoms with E-state index in [1.807, 2.05) is 31.2 Å². The van der Waals surface area contributed by atoms with Crippen LogP contribution in [0.1, 0.15) is 27.5 Å². The number of anilines is 1. The molecule has 1 aliphatic rings. The van der Waals surface area contributed by atoms with E-state index in [0.29, 0.717) is 5.56 Å². The highest BCUT2D eigenvalue weighted by atomic mass is 19.1. The van der Waals surface area contributed by atoms with Crippen LogP contribution in [0.3, 0.4) is 0 Å². The number of ether oxygens (including phenoxy) is 1. The second-order valence-electron chi connectivity index (χ2n) is 6.50. The zero-order valence-electron chi connectivity index (χ0n) is 15.6. The highest BCUT2D eigenvalue weighted by Gasteiger charge is 2.38. The van der Waals surface area contributed by atoms with Gasteiger partial charge in [-0.05, 0) is 47.2 Å². The van der Waals surface area contributed by atoms with Crippen molar-refractivity contribution in [3.8, 4) is 0 Å². The first-order valence-electron chi connectivity index (χ1n) is 8.74. The van der Waals surface area contributed by atoms with Gasteiger partial charge >= 0.3 is 5.97 Å². The summed E-state index contributed by atoms with van der Waals surface area (Å²) >= 11 is 0. The lowest BCUT2D eigenvalue weighted by atomic mass is 9.89. The summed E-state index contributed by atoms with van der Waals surface area (Å²) in [6.07, 6.45) is 0. The highest BCUT2D eigenvalue weighted by Crippen LogP contribution is 2.36. The van der Waals surface area contributed by atoms with Crippen molar-refractivity contribution in [2.45, 2.75) is 13.0 Å². The van der Waals surface area contributed by atoms with Crippen molar-refractivity contribution in [3.05, 3.63) is 82.3 Å². The molecule has 0 radical (unpaired) electrons. The number of esters is 1. The van der Waals surface area contributed by atoms with Crippen molar-refractivity contribution in [2.75, 3.05) is 12.4 Å². The van der Waals surface area contributed by atoms with Crippen LogP contribution in [0.25, 0.3) is 0 Å². The molecule has 0 aliphatic carbocycles. The van der Waals surface area contributed by atoms with Gasteiger partial charge < -0.3 is 10.1 Å². The Morgan fingerprint density at radius 1 is 1.10 bits per heavy atom. The van der Waals surface area contributed by atoms with Gasteiger partial charge in [0.15, 0.2) is 5.78 Å². The van der Waals surface area contributed by atoms with Gasteiger partial charge in [0.25, 0.3) is 0 Å². The molecule has 4 rings (SSSR count). The molecule has 2 heterocycles. The summed E-state index contributed by atoms with van der Waals surface area (Å²) in [4.78, 5) is 25.9. The first kappa shape index (κ1) is 18.5. The Bertz CT molecular complexity index is 1120. The van der Waals surface area contributed by atoms with Gasteiger partial charge in [-0.2, -0.15) is 4.68 Å². The van der Waals surface area contributed by atoms with Crippen LogP contribution in [0.15, 0.2) is 59.8 Å². The van der Waals surface area contributed by atoms with E-state index in [-0.39, 0.29) is 22.8 Å². The van der Waals surface area contributed by atoms with Crippen LogP contribution in [-0.4, -0.2) is 39.1 Å². The predicted octanol–water partition coefficient (Wildman–Crippen LogP) is 2.45. The van der Waals surface area contributed by atoms with Crippen LogP contribution in [-0.2, 0) is 9.53 Å². The number of methoxy groups -OCH3 is 1. The maximum atomic E-state index is 13.4. The number of fused-ring (bicyclic) bond motifs is 1. The second kappa shape index (κ2) is 7.27. The number of aromatic nitrogens is 4. The number of hydrogen-bond acceptors (Lipinski definition) is 7. The summed E-state index contributed by atoms with van der Waals surface area (Å²) in [6, 6.07) is 11.8. The number of ketones is 1. The summed E-state index contributed by atoms with van der Waals surface area (Å²) in [6.45, 7) is 1.94. The van der Waals surface area contributed by atoms with Crippen LogP contribution in [0.4, 0.5) is 10.3 Å². The van der Waals surface area contributed by atoms with Gasteiger partial charge in [0.2, 0.25) is 5.95 Å². The van der Waals surface area contributed by atoms with E-state index in [0.717, 1.165) is 5.56 Å². The van der Waals surface area contributed by atoms with Crippen LogP contribution in [0.5, 0.6) is 0 Å². The molecule has 2 aromatic carbocycles. The van der Waals surface area contributed by atoms with E-state index in [9.17, 15) is 14.0 Å². The van der Waals surface area contributed by atoms with Gasteiger partial charge in [-0.15, -0.1) is 0 Å². The Morgan fingerprint density at radius 3 is 2.45 bits per heavy atom. The molecule has 9 heteroatoms. The maximum Gasteiger partial charge on any atom is 0.355 e. The lowest BCUT2D eigenvalue weighted by Crippen LogP contribution is -2.32. The number of allylic oxidation sites excluding steroid dienone is 1. The van der Waals surface area contributed by atoms with Gasteiger partial charge in [-0.1, -0.05) is 34.9 Å². The maximum absolute atomic E-state index is 13.4. The summed E-state index contributed by atoms with van der Waals surface area (Å²) in [5, 5.41) is 14.3. The molecule has 146 valence electrons. The largest absolute Gasteiger partial charge is 0.464 e. The Labute approximate surface area is 165 Å². The Kier molecular flexibility index (Phi) is 4.63. The van der Waals surface area contributed by atoms with E-state index in [2.05, 4.69) is 20.8 Å². The van der Waals surface area contributed by atoms with Gasteiger partial charge in [-0.3, -0.25) is 4.79 Å². The van der Waals surface area contributed by atoms with Crippen molar-refractivity contribution in [3.63, 3.8) is 0 Å². The quantitative estimate of drug-likeness (QED) is 0.537. The number of aryl methyl sites for hydroxylation is 1. The third kappa shape index (κ3) is 3.27. The third-order valence-electron chi connectivity index (χ3n) is 4.65. The molecule has 0 spiro atoms. The van der Waals surface area contributed by atoms with Crippen molar-refractivity contribution < 1.29 is 18.7 Å². The fourth-order valence-corrected chi connectivity index (χ4v) is 3.20. The zero-order chi connectivity index (χ0) is 20.5. The first-order chi connectivity index (χ1) is 14.0. The first-order valence-corrected chi connectivity index (χ1v) is 8.74. The second-order valence-corrected chi connectivity index (χ2v) is 6.50. The number of nitrogens with one attached hydrogen (secondary N) is 1. The predicted molar refractivity (Wildman–Crippen MR) is 101 cm³/mol. The number of carbonyl (C=O) groups excluding carboxylic acids is 2. The molecule has 0 fully saturated rings. The molecule has 8 nitrogen and oxygen atoms in total. The molecule has 1 aliphatic heterocycles. The van der Waals surface area contributed by atoms with Crippen molar-refractivity contribution in [1.29, 1.82) is 0 Å². The minimum atomic E-state index is -0.770. The Balaban J connectivity index is 1.94. The van der Waals surface area contributed by atoms with Gasteiger partial charge in [-0.25, -0.2) is 9.18 Å². The minimum absolute atomic E-state index is 0.0605. The number of nitrogens with zero attached hydrogens (tertiary/aromatic N) is 4. The highest BCUT2D eigenvalue weighted by molar-refractivity contribution is 6.14.